The van der Waals surface area contributed by atoms with Gasteiger partial charge in [-0.05, 0) is 58.4 Å². The Morgan fingerprint density at radius 2 is 1.88 bits per heavy atom. The molecular weight excluding hydrogens is 558 g/mol. The largest absolute Gasteiger partial charge is 0.444 e. The highest BCUT2D eigenvalue weighted by molar-refractivity contribution is 5.76. The second-order valence-electron chi connectivity index (χ2n) is 12.7. The van der Waals surface area contributed by atoms with Crippen molar-refractivity contribution in [3.05, 3.63) is 29.7 Å². The average Bonchev–Trinajstić information content (AvgIpc) is 3.29. The van der Waals surface area contributed by atoms with Crippen molar-refractivity contribution in [3.63, 3.8) is 0 Å². The fourth-order valence-corrected chi connectivity index (χ4v) is 6.17. The molecule has 42 heavy (non-hydrogen) atoms. The Labute approximate surface area is 240 Å². The first-order valence-corrected chi connectivity index (χ1v) is 14.2. The van der Waals surface area contributed by atoms with Gasteiger partial charge in [0.15, 0.2) is 5.65 Å². The van der Waals surface area contributed by atoms with Gasteiger partial charge in [0.25, 0.3) is 5.92 Å². The minimum absolute atomic E-state index is 0.158. The van der Waals surface area contributed by atoms with Crippen molar-refractivity contribution in [1.29, 1.82) is 5.26 Å². The predicted octanol–water partition coefficient (Wildman–Crippen LogP) is 5.52. The number of hydrogen-bond donors (Lipinski definition) is 2. The van der Waals surface area contributed by atoms with Gasteiger partial charge in [-0.25, -0.2) is 36.7 Å². The van der Waals surface area contributed by atoms with E-state index in [0.29, 0.717) is 29.7 Å². The Kier molecular flexibility index (Phi) is 7.52. The van der Waals surface area contributed by atoms with Crippen LogP contribution in [0.15, 0.2) is 18.5 Å². The molecule has 2 atom stereocenters. The Morgan fingerprint density at radius 1 is 1.19 bits per heavy atom. The number of amides is 3. The molecule has 1 aliphatic heterocycles. The van der Waals surface area contributed by atoms with E-state index in [9.17, 15) is 32.4 Å². The number of rotatable bonds is 6. The first-order valence-electron chi connectivity index (χ1n) is 14.2. The standard InChI is InChI=1S/C28H35F4N7O3/c1-25(2,3)42-24(41)37-21(17-5-9-27(29,30)10-6-17)19-13-39-20(36-19)11-18(12-35-39)22(26(14-33)7-4-8-26)38-16-28(31,32)15-34-23(38)40/h11-13,17,21-22H,4-10,15-16H2,1-3H3,(H,34,40)(H,37,41)/t21-,22-/m0/s1. The summed E-state index contributed by atoms with van der Waals surface area (Å²) >= 11 is 0. The zero-order chi connectivity index (χ0) is 30.5. The topological polar surface area (TPSA) is 125 Å². The number of imidazole rings is 1. The average molecular weight is 594 g/mol. The molecule has 3 amide bonds. The van der Waals surface area contributed by atoms with Crippen LogP contribution >= 0.6 is 0 Å². The second-order valence-corrected chi connectivity index (χ2v) is 12.7. The van der Waals surface area contributed by atoms with Crippen LogP contribution in [0.5, 0.6) is 0 Å². The minimum atomic E-state index is -3.18. The molecule has 14 heteroatoms. The van der Waals surface area contributed by atoms with Gasteiger partial charge >= 0.3 is 12.1 Å². The van der Waals surface area contributed by atoms with E-state index < -0.39 is 60.2 Å². The van der Waals surface area contributed by atoms with E-state index >= 15 is 0 Å². The minimum Gasteiger partial charge on any atom is -0.444 e. The number of nitrogens with one attached hydrogen (secondary N) is 2. The number of nitrogens with zero attached hydrogens (tertiary/aromatic N) is 5. The van der Waals surface area contributed by atoms with Gasteiger partial charge in [-0.2, -0.15) is 10.4 Å². The van der Waals surface area contributed by atoms with Crippen molar-refractivity contribution in [3.8, 4) is 6.07 Å². The van der Waals surface area contributed by atoms with Gasteiger partial charge in [-0.3, -0.25) is 0 Å². The maximum atomic E-state index is 14.4. The van der Waals surface area contributed by atoms with Gasteiger partial charge in [0, 0.05) is 18.4 Å². The molecule has 2 aliphatic carbocycles. The van der Waals surface area contributed by atoms with E-state index in [-0.39, 0.29) is 31.6 Å². The molecule has 3 aliphatic rings. The fraction of sp³-hybridized carbons (Fsp3) is 0.679. The lowest BCUT2D eigenvalue weighted by atomic mass is 9.63. The van der Waals surface area contributed by atoms with Gasteiger partial charge in [-0.15, -0.1) is 0 Å². The van der Waals surface area contributed by atoms with Gasteiger partial charge in [0.05, 0.1) is 54.7 Å². The number of fused-ring (bicyclic) bond motifs is 1. The molecule has 2 aromatic heterocycles. The number of hydrogen-bond acceptors (Lipinski definition) is 6. The number of aromatic nitrogens is 3. The van der Waals surface area contributed by atoms with Crippen LogP contribution in [0.4, 0.5) is 27.2 Å². The molecule has 2 saturated carbocycles. The molecule has 5 rings (SSSR count). The Hall–Kier alpha value is -3.63. The number of alkyl carbamates (subject to hydrolysis) is 1. The van der Waals surface area contributed by atoms with E-state index in [2.05, 4.69) is 26.8 Å². The Bertz CT molecular complexity index is 1390. The summed E-state index contributed by atoms with van der Waals surface area (Å²) in [5, 5.41) is 19.6. The Morgan fingerprint density at radius 3 is 2.48 bits per heavy atom. The van der Waals surface area contributed by atoms with Crippen molar-refractivity contribution in [2.45, 2.75) is 95.2 Å². The molecule has 2 aromatic rings. The van der Waals surface area contributed by atoms with Crippen LogP contribution in [0.1, 0.15) is 89.1 Å². The van der Waals surface area contributed by atoms with Crippen LogP contribution < -0.4 is 10.6 Å². The summed E-state index contributed by atoms with van der Waals surface area (Å²) in [6, 6.07) is 1.44. The summed E-state index contributed by atoms with van der Waals surface area (Å²) < 4.78 is 63.6. The quantitative estimate of drug-likeness (QED) is 0.426. The molecule has 2 N–H and O–H groups in total. The van der Waals surface area contributed by atoms with Crippen LogP contribution in [0.3, 0.4) is 0 Å². The lowest BCUT2D eigenvalue weighted by molar-refractivity contribution is -0.0628. The zero-order valence-corrected chi connectivity index (χ0v) is 23.8. The SMILES string of the molecule is CC(C)(C)OC(=O)N[C@H](c1cn2ncc([C@H](N3CC(F)(F)CNC3=O)C3(C#N)CCC3)cc2n1)C1CCC(F)(F)CC1. The maximum absolute atomic E-state index is 14.4. The second kappa shape index (κ2) is 10.6. The van der Waals surface area contributed by atoms with Crippen LogP contribution in [0.25, 0.3) is 5.65 Å². The third-order valence-electron chi connectivity index (χ3n) is 8.36. The number of urea groups is 1. The smallest absolute Gasteiger partial charge is 0.408 e. The summed E-state index contributed by atoms with van der Waals surface area (Å²) in [4.78, 5) is 31.2. The number of halogens is 4. The third kappa shape index (κ3) is 6.10. The van der Waals surface area contributed by atoms with Crippen LogP contribution in [0.2, 0.25) is 0 Å². The monoisotopic (exact) mass is 593 g/mol. The van der Waals surface area contributed by atoms with E-state index in [1.54, 1.807) is 33.0 Å². The van der Waals surface area contributed by atoms with E-state index in [1.165, 1.54) is 10.7 Å². The fourth-order valence-electron chi connectivity index (χ4n) is 6.17. The van der Waals surface area contributed by atoms with Crippen molar-refractivity contribution >= 4 is 17.8 Å². The number of alkyl halides is 4. The summed E-state index contributed by atoms with van der Waals surface area (Å²) in [5.74, 6) is -6.29. The lowest BCUT2D eigenvalue weighted by Crippen LogP contribution is -2.60. The first kappa shape index (κ1) is 29.8. The first-order chi connectivity index (χ1) is 19.6. The predicted molar refractivity (Wildman–Crippen MR) is 142 cm³/mol. The normalized spacial score (nSPS) is 23.3. The molecule has 3 heterocycles. The van der Waals surface area contributed by atoms with Gasteiger partial charge in [0.1, 0.15) is 5.60 Å². The number of carbonyl (C=O) groups excluding carboxylic acids is 2. The van der Waals surface area contributed by atoms with Crippen molar-refractivity contribution in [2.24, 2.45) is 11.3 Å². The molecule has 10 nitrogen and oxygen atoms in total. The highest BCUT2D eigenvalue weighted by Crippen LogP contribution is 2.53. The zero-order valence-electron chi connectivity index (χ0n) is 23.8. The number of carbonyl (C=O) groups is 2. The van der Waals surface area contributed by atoms with Crippen LogP contribution in [0, 0.1) is 22.7 Å². The van der Waals surface area contributed by atoms with Crippen LogP contribution in [-0.4, -0.2) is 62.2 Å². The molecule has 0 radical (unpaired) electrons. The molecule has 0 bridgehead atoms. The molecule has 0 unspecified atom stereocenters. The van der Waals surface area contributed by atoms with Crippen molar-refractivity contribution in [1.82, 2.24) is 30.1 Å². The summed E-state index contributed by atoms with van der Waals surface area (Å²) in [7, 11) is 0. The van der Waals surface area contributed by atoms with E-state index in [0.717, 1.165) is 11.3 Å². The molecule has 0 aromatic carbocycles. The Balaban J connectivity index is 1.50. The van der Waals surface area contributed by atoms with Gasteiger partial charge in [-0.1, -0.05) is 6.42 Å². The molecular formula is C28H35F4N7O3. The van der Waals surface area contributed by atoms with Crippen LogP contribution in [-0.2, 0) is 4.74 Å². The molecule has 3 fully saturated rings. The third-order valence-corrected chi connectivity index (χ3v) is 8.36. The molecule has 228 valence electrons. The molecule has 1 saturated heterocycles. The van der Waals surface area contributed by atoms with Crippen molar-refractivity contribution < 1.29 is 31.9 Å². The number of ether oxygens (including phenoxy) is 1. The highest BCUT2D eigenvalue weighted by atomic mass is 19.3. The van der Waals surface area contributed by atoms with Gasteiger partial charge in [0.2, 0.25) is 5.92 Å². The lowest BCUT2D eigenvalue weighted by Gasteiger charge is -2.49. The summed E-state index contributed by atoms with van der Waals surface area (Å²) in [6.07, 6.45) is 3.56. The number of nitriles is 1. The van der Waals surface area contributed by atoms with E-state index in [1.807, 2.05) is 0 Å². The van der Waals surface area contributed by atoms with Crippen molar-refractivity contribution in [2.75, 3.05) is 13.1 Å². The highest BCUT2D eigenvalue weighted by Gasteiger charge is 2.53. The molecule has 0 spiro atoms. The summed E-state index contributed by atoms with van der Waals surface area (Å²) in [5.41, 5.74) is -0.801. The summed E-state index contributed by atoms with van der Waals surface area (Å²) in [6.45, 7) is 3.51. The maximum Gasteiger partial charge on any atom is 0.408 e. The van der Waals surface area contributed by atoms with Gasteiger partial charge < -0.3 is 20.3 Å². The van der Waals surface area contributed by atoms with E-state index in [4.69, 9.17) is 4.74 Å².